The topological polar surface area (TPSA) is 90.7 Å². The van der Waals surface area contributed by atoms with E-state index in [9.17, 15) is 14.4 Å². The van der Waals surface area contributed by atoms with E-state index in [0.29, 0.717) is 17.5 Å². The number of ether oxygens (including phenoxy) is 2. The molecule has 0 fully saturated rings. The van der Waals surface area contributed by atoms with Gasteiger partial charge in [-0.2, -0.15) is 0 Å². The van der Waals surface area contributed by atoms with Gasteiger partial charge < -0.3 is 14.0 Å². The smallest absolute Gasteiger partial charge is 0.410 e. The Balaban J connectivity index is 2.03. The van der Waals surface area contributed by atoms with E-state index in [4.69, 9.17) is 9.47 Å². The van der Waals surface area contributed by atoms with Gasteiger partial charge in [0.2, 0.25) is 5.69 Å². The van der Waals surface area contributed by atoms with Crippen molar-refractivity contribution in [1.82, 2.24) is 14.5 Å². The fourth-order valence-electron chi connectivity index (χ4n) is 3.75. The fraction of sp³-hybridized carbons (Fsp3) is 0.429. The van der Waals surface area contributed by atoms with Crippen LogP contribution >= 0.6 is 0 Å². The normalized spacial score (nSPS) is 19.4. The number of benzene rings is 1. The summed E-state index contributed by atoms with van der Waals surface area (Å²) in [5.74, 6) is -0.741. The molecule has 1 aromatic carbocycles. The maximum absolute atomic E-state index is 13.1. The van der Waals surface area contributed by atoms with Gasteiger partial charge in [0.05, 0.1) is 36.8 Å². The van der Waals surface area contributed by atoms with Crippen LogP contribution in [0.4, 0.5) is 4.79 Å². The summed E-state index contributed by atoms with van der Waals surface area (Å²) in [5.41, 5.74) is 0.409. The molecule has 0 spiro atoms. The molecule has 2 heterocycles. The first-order chi connectivity index (χ1) is 13.9. The van der Waals surface area contributed by atoms with Crippen LogP contribution in [-0.4, -0.2) is 52.3 Å². The Morgan fingerprint density at radius 1 is 1.24 bits per heavy atom. The Bertz CT molecular complexity index is 1010. The van der Waals surface area contributed by atoms with Crippen LogP contribution in [0.15, 0.2) is 41.2 Å². The number of fused-ring (bicyclic) bond motifs is 1. The summed E-state index contributed by atoms with van der Waals surface area (Å²) in [7, 11) is 1.35. The Morgan fingerprint density at radius 3 is 2.66 bits per heavy atom. The minimum absolute atomic E-state index is 0.0966. The van der Waals surface area contributed by atoms with Crippen molar-refractivity contribution in [3.05, 3.63) is 52.5 Å². The van der Waals surface area contributed by atoms with Gasteiger partial charge in [-0.25, -0.2) is 14.6 Å². The molecule has 1 aliphatic rings. The molecule has 1 aromatic heterocycles. The van der Waals surface area contributed by atoms with E-state index in [-0.39, 0.29) is 30.4 Å². The van der Waals surface area contributed by atoms with E-state index >= 15 is 0 Å². The molecular weight excluding hydrogens is 374 g/mol. The van der Waals surface area contributed by atoms with Crippen molar-refractivity contribution >= 4 is 23.1 Å². The van der Waals surface area contributed by atoms with Crippen molar-refractivity contribution < 1.29 is 19.1 Å². The maximum atomic E-state index is 13.1. The van der Waals surface area contributed by atoms with Crippen molar-refractivity contribution in [2.24, 2.45) is 0 Å². The molecule has 8 nitrogen and oxygen atoms in total. The van der Waals surface area contributed by atoms with Gasteiger partial charge in [0.1, 0.15) is 0 Å². The van der Waals surface area contributed by atoms with Crippen LogP contribution in [0, 0.1) is 0 Å². The second-order valence-corrected chi connectivity index (χ2v) is 7.00. The summed E-state index contributed by atoms with van der Waals surface area (Å²) >= 11 is 0. The van der Waals surface area contributed by atoms with E-state index in [1.165, 1.54) is 7.11 Å². The highest BCUT2D eigenvalue weighted by molar-refractivity contribution is 5.89. The third-order valence-electron chi connectivity index (χ3n) is 5.08. The lowest BCUT2D eigenvalue weighted by atomic mass is 10.1. The lowest BCUT2D eigenvalue weighted by molar-refractivity contribution is 0.0516. The van der Waals surface area contributed by atoms with Crippen molar-refractivity contribution in [2.45, 2.75) is 45.3 Å². The minimum Gasteiger partial charge on any atom is -0.461 e. The van der Waals surface area contributed by atoms with Gasteiger partial charge in [-0.1, -0.05) is 24.3 Å². The molecule has 0 aliphatic carbocycles. The van der Waals surface area contributed by atoms with Gasteiger partial charge in [0, 0.05) is 6.04 Å². The van der Waals surface area contributed by atoms with Gasteiger partial charge in [-0.15, -0.1) is 0 Å². The zero-order chi connectivity index (χ0) is 21.1. The van der Waals surface area contributed by atoms with Crippen LogP contribution in [0.25, 0.3) is 11.0 Å². The van der Waals surface area contributed by atoms with Crippen molar-refractivity contribution in [1.29, 1.82) is 0 Å². The highest BCUT2D eigenvalue weighted by atomic mass is 16.5. The Morgan fingerprint density at radius 2 is 1.97 bits per heavy atom. The average molecular weight is 399 g/mol. The summed E-state index contributed by atoms with van der Waals surface area (Å²) in [6, 6.07) is 6.52. The molecule has 0 saturated heterocycles. The molecule has 0 radical (unpaired) electrons. The van der Waals surface area contributed by atoms with E-state index in [2.05, 4.69) is 4.98 Å². The van der Waals surface area contributed by atoms with Crippen LogP contribution in [-0.2, 0) is 9.47 Å². The number of carbonyl (C=O) groups is 2. The molecule has 2 aromatic rings. The number of methoxy groups -OCH3 is 1. The first-order valence-corrected chi connectivity index (χ1v) is 9.62. The van der Waals surface area contributed by atoms with Crippen LogP contribution in [0.2, 0.25) is 0 Å². The molecule has 8 heteroatoms. The first-order valence-electron chi connectivity index (χ1n) is 9.62. The summed E-state index contributed by atoms with van der Waals surface area (Å²) in [6.45, 7) is 5.62. The molecule has 1 aliphatic heterocycles. The number of nitrogens with zero attached hydrogens (tertiary/aromatic N) is 3. The zero-order valence-corrected chi connectivity index (χ0v) is 17.0. The Hall–Kier alpha value is -3.16. The monoisotopic (exact) mass is 399 g/mol. The van der Waals surface area contributed by atoms with E-state index in [1.807, 2.05) is 32.1 Å². The standard InChI is InChI=1S/C21H25N3O5/c1-5-29-20(26)18-19(25)24(17-9-7-6-8-16(17)22-18)14(3)12-15-11-10-13(2)23(15)21(27)28-4/h6-11,13-15H,5,12H2,1-4H3/t13-,14+,15+/m0/s1. The number of aromatic nitrogens is 2. The number of esters is 1. The number of hydrogen-bond donors (Lipinski definition) is 0. The van der Waals surface area contributed by atoms with E-state index in [0.717, 1.165) is 0 Å². The largest absolute Gasteiger partial charge is 0.461 e. The van der Waals surface area contributed by atoms with Gasteiger partial charge in [0.25, 0.3) is 5.56 Å². The Kier molecular flexibility index (Phi) is 6.00. The van der Waals surface area contributed by atoms with Crippen LogP contribution < -0.4 is 5.56 Å². The second kappa shape index (κ2) is 8.46. The van der Waals surface area contributed by atoms with Crippen LogP contribution in [0.1, 0.15) is 43.7 Å². The zero-order valence-electron chi connectivity index (χ0n) is 17.0. The summed E-state index contributed by atoms with van der Waals surface area (Å²) in [5, 5.41) is 0. The van der Waals surface area contributed by atoms with Gasteiger partial charge in [0.15, 0.2) is 0 Å². The van der Waals surface area contributed by atoms with E-state index in [1.54, 1.807) is 34.6 Å². The Labute approximate surface area is 168 Å². The fourth-order valence-corrected chi connectivity index (χ4v) is 3.75. The molecule has 3 atom stereocenters. The van der Waals surface area contributed by atoms with Gasteiger partial charge in [-0.05, 0) is 39.3 Å². The van der Waals surface area contributed by atoms with Gasteiger partial charge in [-0.3, -0.25) is 9.69 Å². The van der Waals surface area contributed by atoms with Crippen LogP contribution in [0.5, 0.6) is 0 Å². The number of amides is 1. The molecule has 154 valence electrons. The number of hydrogen-bond acceptors (Lipinski definition) is 6. The molecule has 0 unspecified atom stereocenters. The van der Waals surface area contributed by atoms with Crippen molar-refractivity contribution in [3.8, 4) is 0 Å². The number of para-hydroxylation sites is 2. The minimum atomic E-state index is -0.741. The van der Waals surface area contributed by atoms with E-state index < -0.39 is 17.6 Å². The highest BCUT2D eigenvalue weighted by Crippen LogP contribution is 2.26. The predicted octanol–water partition coefficient (Wildman–Crippen LogP) is 2.92. The first kappa shape index (κ1) is 20.6. The van der Waals surface area contributed by atoms with Crippen molar-refractivity contribution in [3.63, 3.8) is 0 Å². The third kappa shape index (κ3) is 3.87. The predicted molar refractivity (Wildman–Crippen MR) is 108 cm³/mol. The number of carbonyl (C=O) groups excluding carboxylic acids is 2. The van der Waals surface area contributed by atoms with Gasteiger partial charge >= 0.3 is 12.1 Å². The van der Waals surface area contributed by atoms with Crippen LogP contribution in [0.3, 0.4) is 0 Å². The van der Waals surface area contributed by atoms with Crippen molar-refractivity contribution in [2.75, 3.05) is 13.7 Å². The quantitative estimate of drug-likeness (QED) is 0.567. The highest BCUT2D eigenvalue weighted by Gasteiger charge is 2.33. The number of rotatable bonds is 5. The SMILES string of the molecule is CCOC(=O)c1nc2ccccc2n([C@H](C)C[C@H]2C=C[C@H](C)N2C(=O)OC)c1=O. The maximum Gasteiger partial charge on any atom is 0.410 e. The molecule has 29 heavy (non-hydrogen) atoms. The molecule has 0 saturated carbocycles. The summed E-state index contributed by atoms with van der Waals surface area (Å²) in [6.07, 6.45) is 3.94. The third-order valence-corrected chi connectivity index (χ3v) is 5.08. The molecule has 3 rings (SSSR count). The summed E-state index contributed by atoms with van der Waals surface area (Å²) in [4.78, 5) is 43.4. The second-order valence-electron chi connectivity index (χ2n) is 7.00. The molecule has 0 bridgehead atoms. The lowest BCUT2D eigenvalue weighted by Crippen LogP contribution is -2.42. The average Bonchev–Trinajstić information content (AvgIpc) is 3.06. The molecule has 1 amide bonds. The molecular formula is C21H25N3O5. The lowest BCUT2D eigenvalue weighted by Gasteiger charge is -2.30. The molecule has 0 N–H and O–H groups in total. The summed E-state index contributed by atoms with van der Waals surface area (Å²) < 4.78 is 11.5.